The summed E-state index contributed by atoms with van der Waals surface area (Å²) in [6, 6.07) is 17.0. The molecule has 0 fully saturated rings. The highest BCUT2D eigenvalue weighted by Gasteiger charge is 2.44. The number of hydrogen-bond donors (Lipinski definition) is 0. The van der Waals surface area contributed by atoms with E-state index in [9.17, 15) is 0 Å². The van der Waals surface area contributed by atoms with Crippen molar-refractivity contribution < 1.29 is 13.9 Å². The lowest BCUT2D eigenvalue weighted by molar-refractivity contribution is 0.459. The Morgan fingerprint density at radius 3 is 2.33 bits per heavy atom. The molecule has 146 valence electrons. The fourth-order valence-electron chi connectivity index (χ4n) is 5.20. The van der Waals surface area contributed by atoms with Crippen molar-refractivity contribution in [3.05, 3.63) is 65.2 Å². The van der Waals surface area contributed by atoms with Crippen molar-refractivity contribution in [2.24, 2.45) is 0 Å². The molecule has 0 saturated heterocycles. The number of fused-ring (bicyclic) bond motifs is 7. The molecule has 1 aliphatic carbocycles. The quantitative estimate of drug-likeness (QED) is 0.355. The van der Waals surface area contributed by atoms with Gasteiger partial charge in [0.1, 0.15) is 28.5 Å². The molecule has 0 unspecified atom stereocenters. The number of benzene rings is 3. The number of hydrogen-bond acceptors (Lipinski definition) is 3. The maximum atomic E-state index is 6.66. The van der Waals surface area contributed by atoms with Gasteiger partial charge in [-0.1, -0.05) is 45.0 Å². The molecule has 2 aliphatic heterocycles. The smallest absolute Gasteiger partial charge is 0.305 e. The summed E-state index contributed by atoms with van der Waals surface area (Å²) in [7, 11) is 0. The molecule has 0 radical (unpaired) electrons. The number of rotatable bonds is 0. The van der Waals surface area contributed by atoms with E-state index in [1.54, 1.807) is 0 Å². The number of aryl methyl sites for hydroxylation is 2. The summed E-state index contributed by atoms with van der Waals surface area (Å²) in [4.78, 5) is 0. The zero-order valence-corrected chi connectivity index (χ0v) is 17.3. The Kier molecular flexibility index (Phi) is 2.95. The first-order valence-corrected chi connectivity index (χ1v) is 10.7. The predicted octanol–water partition coefficient (Wildman–Crippen LogP) is 4.56. The summed E-state index contributed by atoms with van der Waals surface area (Å²) in [6.45, 7) is 6.66. The second-order valence-electron chi connectivity index (χ2n) is 9.69. The Hall–Kier alpha value is -3.14. The first-order chi connectivity index (χ1) is 14.5. The number of ether oxygens (including phenoxy) is 2. The summed E-state index contributed by atoms with van der Waals surface area (Å²) in [5.41, 5.74) is 8.10. The first-order valence-electron chi connectivity index (χ1n) is 10.7. The molecule has 0 N–H and O–H groups in total. The van der Waals surface area contributed by atoms with E-state index in [0.717, 1.165) is 57.9 Å². The van der Waals surface area contributed by atoms with E-state index < -0.39 is 0 Å². The van der Waals surface area contributed by atoms with Gasteiger partial charge < -0.3 is 13.9 Å². The van der Waals surface area contributed by atoms with Crippen LogP contribution in [-0.4, -0.2) is 6.71 Å². The van der Waals surface area contributed by atoms with E-state index in [1.807, 2.05) is 18.2 Å². The molecule has 3 aromatic carbocycles. The maximum Gasteiger partial charge on any atom is 0.305 e. The third-order valence-electron chi connectivity index (χ3n) is 6.82. The minimum atomic E-state index is -0.0194. The molecule has 0 amide bonds. The molecule has 0 saturated carbocycles. The van der Waals surface area contributed by atoms with E-state index in [4.69, 9.17) is 13.9 Å². The van der Waals surface area contributed by atoms with Crippen LogP contribution in [-0.2, 0) is 18.3 Å². The Morgan fingerprint density at radius 1 is 0.833 bits per heavy atom. The van der Waals surface area contributed by atoms with Crippen LogP contribution in [0.3, 0.4) is 0 Å². The van der Waals surface area contributed by atoms with Crippen molar-refractivity contribution in [3.63, 3.8) is 0 Å². The van der Waals surface area contributed by atoms with Crippen molar-refractivity contribution in [2.75, 3.05) is 0 Å². The molecule has 0 bridgehead atoms. The monoisotopic (exact) mass is 392 g/mol. The Balaban J connectivity index is 1.56. The van der Waals surface area contributed by atoms with Crippen LogP contribution in [0.4, 0.5) is 0 Å². The zero-order valence-electron chi connectivity index (χ0n) is 17.3. The standard InChI is InChI=1S/C26H21BO3/c1-26(2,3)17-7-4-6-16-23(17)30-25-24(16)29-20-9-5-8-19-22(20)27(25)18-12-14-10-11-15(14)13-21(18)28-19/h4-9,12-13H,10-11H2,1-3H3. The van der Waals surface area contributed by atoms with Gasteiger partial charge in [0.15, 0.2) is 5.75 Å². The van der Waals surface area contributed by atoms with Gasteiger partial charge in [-0.3, -0.25) is 0 Å². The lowest BCUT2D eigenvalue weighted by Gasteiger charge is -2.32. The summed E-state index contributed by atoms with van der Waals surface area (Å²) >= 11 is 0. The third-order valence-corrected chi connectivity index (χ3v) is 6.82. The van der Waals surface area contributed by atoms with Gasteiger partial charge in [-0.15, -0.1) is 0 Å². The molecule has 0 atom stereocenters. The van der Waals surface area contributed by atoms with Crippen LogP contribution in [0, 0.1) is 0 Å². The van der Waals surface area contributed by atoms with Gasteiger partial charge in [0, 0.05) is 11.0 Å². The van der Waals surface area contributed by atoms with Crippen molar-refractivity contribution >= 4 is 34.3 Å². The van der Waals surface area contributed by atoms with Gasteiger partial charge in [-0.25, -0.2) is 0 Å². The van der Waals surface area contributed by atoms with Crippen LogP contribution < -0.4 is 26.1 Å². The van der Waals surface area contributed by atoms with Crippen molar-refractivity contribution in [1.82, 2.24) is 0 Å². The molecule has 4 aromatic rings. The van der Waals surface area contributed by atoms with E-state index in [2.05, 4.69) is 51.1 Å². The molecule has 4 heteroatoms. The van der Waals surface area contributed by atoms with Crippen LogP contribution in [0.15, 0.2) is 52.9 Å². The molecule has 1 aromatic heterocycles. The molecule has 3 aliphatic rings. The van der Waals surface area contributed by atoms with Gasteiger partial charge in [0.25, 0.3) is 0 Å². The molecular formula is C26H21BO3. The molecule has 7 rings (SSSR count). The zero-order chi connectivity index (χ0) is 20.2. The van der Waals surface area contributed by atoms with Crippen LogP contribution >= 0.6 is 0 Å². The van der Waals surface area contributed by atoms with Crippen LogP contribution in [0.5, 0.6) is 23.0 Å². The van der Waals surface area contributed by atoms with E-state index in [-0.39, 0.29) is 12.1 Å². The van der Waals surface area contributed by atoms with Crippen molar-refractivity contribution in [1.29, 1.82) is 0 Å². The average molecular weight is 392 g/mol. The molecule has 0 spiro atoms. The Morgan fingerprint density at radius 2 is 1.57 bits per heavy atom. The Bertz CT molecular complexity index is 1390. The lowest BCUT2D eigenvalue weighted by Crippen LogP contribution is -2.57. The SMILES string of the molecule is CC(C)(C)c1cccc2c3c(oc12)B1c2cc4c(cc2Oc2cccc(c21)O3)CC4. The highest BCUT2D eigenvalue weighted by Crippen LogP contribution is 2.42. The van der Waals surface area contributed by atoms with Gasteiger partial charge in [-0.2, -0.15) is 0 Å². The number of para-hydroxylation sites is 1. The molecular weight excluding hydrogens is 371 g/mol. The van der Waals surface area contributed by atoms with Gasteiger partial charge >= 0.3 is 6.71 Å². The van der Waals surface area contributed by atoms with Gasteiger partial charge in [0.2, 0.25) is 0 Å². The largest absolute Gasteiger partial charge is 0.466 e. The van der Waals surface area contributed by atoms with Crippen LogP contribution in [0.25, 0.3) is 11.0 Å². The summed E-state index contributed by atoms with van der Waals surface area (Å²) in [5.74, 6) is 3.53. The lowest BCUT2D eigenvalue weighted by atomic mass is 9.36. The predicted molar refractivity (Wildman–Crippen MR) is 120 cm³/mol. The van der Waals surface area contributed by atoms with Crippen molar-refractivity contribution in [2.45, 2.75) is 39.0 Å². The first kappa shape index (κ1) is 16.6. The molecule has 30 heavy (non-hydrogen) atoms. The Labute approximate surface area is 175 Å². The minimum Gasteiger partial charge on any atom is -0.466 e. The average Bonchev–Trinajstić information content (AvgIpc) is 3.07. The van der Waals surface area contributed by atoms with Crippen LogP contribution in [0.1, 0.15) is 37.5 Å². The second-order valence-corrected chi connectivity index (χ2v) is 9.69. The third kappa shape index (κ3) is 2.01. The van der Waals surface area contributed by atoms with E-state index >= 15 is 0 Å². The minimum absolute atomic E-state index is 0.00480. The van der Waals surface area contributed by atoms with Gasteiger partial charge in [-0.05, 0) is 59.1 Å². The topological polar surface area (TPSA) is 31.6 Å². The number of furan rings is 1. The molecule has 3 heterocycles. The van der Waals surface area contributed by atoms with E-state index in [0.29, 0.717) is 0 Å². The van der Waals surface area contributed by atoms with Crippen LogP contribution in [0.2, 0.25) is 0 Å². The summed E-state index contributed by atoms with van der Waals surface area (Å²) in [6.07, 6.45) is 2.28. The fourth-order valence-corrected chi connectivity index (χ4v) is 5.20. The van der Waals surface area contributed by atoms with E-state index in [1.165, 1.54) is 22.2 Å². The summed E-state index contributed by atoms with van der Waals surface area (Å²) in [5, 5.41) is 1.05. The highest BCUT2D eigenvalue weighted by atomic mass is 16.5. The second kappa shape index (κ2) is 5.31. The van der Waals surface area contributed by atoms with Crippen molar-refractivity contribution in [3.8, 4) is 23.0 Å². The highest BCUT2D eigenvalue weighted by molar-refractivity contribution is 6.97. The molecule has 3 nitrogen and oxygen atoms in total. The summed E-state index contributed by atoms with van der Waals surface area (Å²) < 4.78 is 19.5. The maximum absolute atomic E-state index is 6.66. The van der Waals surface area contributed by atoms with Gasteiger partial charge in [0.05, 0.1) is 5.39 Å². The normalized spacial score (nSPS) is 15.4. The fraction of sp³-hybridized carbons (Fsp3) is 0.231.